The van der Waals surface area contributed by atoms with E-state index in [1.165, 1.54) is 10.8 Å². The van der Waals surface area contributed by atoms with Crippen molar-refractivity contribution in [3.63, 3.8) is 0 Å². The first-order valence-corrected chi connectivity index (χ1v) is 7.42. The number of halogens is 1. The average molecular weight is 325 g/mol. The molecule has 0 saturated carbocycles. The summed E-state index contributed by atoms with van der Waals surface area (Å²) in [4.78, 5) is 23.9. The van der Waals surface area contributed by atoms with Crippen LogP contribution in [0.25, 0.3) is 0 Å². The minimum atomic E-state index is -0.774. The summed E-state index contributed by atoms with van der Waals surface area (Å²) in [6.45, 7) is 7.38. The molecule has 1 heterocycles. The summed E-state index contributed by atoms with van der Waals surface area (Å²) in [7, 11) is 0. The van der Waals surface area contributed by atoms with E-state index in [-0.39, 0.29) is 24.4 Å². The molecule has 0 aromatic carbocycles. The highest BCUT2D eigenvalue weighted by atomic mass is 19.1. The van der Waals surface area contributed by atoms with Crippen LogP contribution in [0.5, 0.6) is 0 Å². The van der Waals surface area contributed by atoms with Crippen molar-refractivity contribution in [1.82, 2.24) is 9.88 Å². The van der Waals surface area contributed by atoms with Gasteiger partial charge in [-0.2, -0.15) is 0 Å². The number of carbonyl (C=O) groups is 2. The number of nitrogens with one attached hydrogen (secondary N) is 1. The SMILES string of the molecule is CCNC(=O)c1ccn(C(CN)C(=CF)C(=O)OC(C)(C)C)c1. The Morgan fingerprint density at radius 3 is 2.61 bits per heavy atom. The van der Waals surface area contributed by atoms with E-state index in [4.69, 9.17) is 10.5 Å². The number of amides is 1. The van der Waals surface area contributed by atoms with E-state index in [1.54, 1.807) is 33.0 Å². The third-order valence-electron chi connectivity index (χ3n) is 3.01. The number of hydrogen-bond donors (Lipinski definition) is 2. The molecule has 0 aliphatic rings. The summed E-state index contributed by atoms with van der Waals surface area (Å²) in [6.07, 6.45) is 3.31. The van der Waals surface area contributed by atoms with Crippen molar-refractivity contribution in [2.24, 2.45) is 5.73 Å². The summed E-state index contributed by atoms with van der Waals surface area (Å²) >= 11 is 0. The standard InChI is InChI=1S/C16H24FN3O3/c1-5-19-14(21)11-6-7-20(10-11)13(9-18)12(8-17)15(22)23-16(2,3)4/h6-8,10,13H,5,9,18H2,1-4H3,(H,19,21). The molecule has 0 radical (unpaired) electrons. The quantitative estimate of drug-likeness (QED) is 0.618. The van der Waals surface area contributed by atoms with E-state index in [2.05, 4.69) is 5.32 Å². The molecule has 3 N–H and O–H groups in total. The van der Waals surface area contributed by atoms with Crippen molar-refractivity contribution in [3.05, 3.63) is 35.9 Å². The van der Waals surface area contributed by atoms with Crippen LogP contribution in [-0.4, -0.2) is 35.1 Å². The van der Waals surface area contributed by atoms with E-state index in [1.807, 2.05) is 6.92 Å². The van der Waals surface area contributed by atoms with Crippen LogP contribution < -0.4 is 11.1 Å². The van der Waals surface area contributed by atoms with E-state index >= 15 is 0 Å². The van der Waals surface area contributed by atoms with Crippen molar-refractivity contribution in [1.29, 1.82) is 0 Å². The Morgan fingerprint density at radius 2 is 2.13 bits per heavy atom. The first-order valence-electron chi connectivity index (χ1n) is 7.42. The molecule has 0 aliphatic carbocycles. The number of aromatic nitrogens is 1. The van der Waals surface area contributed by atoms with Crippen LogP contribution in [-0.2, 0) is 9.53 Å². The van der Waals surface area contributed by atoms with Crippen LogP contribution in [0.4, 0.5) is 4.39 Å². The maximum absolute atomic E-state index is 13.3. The first kappa shape index (κ1) is 18.9. The van der Waals surface area contributed by atoms with Gasteiger partial charge in [0.25, 0.3) is 5.91 Å². The highest BCUT2D eigenvalue weighted by molar-refractivity contribution is 5.94. The Kier molecular flexibility index (Phi) is 6.50. The zero-order valence-corrected chi connectivity index (χ0v) is 13.9. The fourth-order valence-electron chi connectivity index (χ4n) is 2.00. The van der Waals surface area contributed by atoms with Gasteiger partial charge in [-0.3, -0.25) is 4.79 Å². The molecule has 6 nitrogen and oxygen atoms in total. The van der Waals surface area contributed by atoms with E-state index in [0.717, 1.165) is 0 Å². The smallest absolute Gasteiger partial charge is 0.339 e. The highest BCUT2D eigenvalue weighted by Crippen LogP contribution is 2.22. The predicted octanol–water partition coefficient (Wildman–Crippen LogP) is 1.93. The Hall–Kier alpha value is -2.15. The molecule has 128 valence electrons. The van der Waals surface area contributed by atoms with Crippen molar-refractivity contribution < 1.29 is 18.7 Å². The summed E-state index contributed by atoms with van der Waals surface area (Å²) < 4.78 is 20.0. The highest BCUT2D eigenvalue weighted by Gasteiger charge is 2.27. The van der Waals surface area contributed by atoms with Gasteiger partial charge in [-0.1, -0.05) is 0 Å². The lowest BCUT2D eigenvalue weighted by Crippen LogP contribution is -2.30. The Bertz CT molecular complexity index is 588. The van der Waals surface area contributed by atoms with E-state index in [9.17, 15) is 14.0 Å². The molecule has 1 unspecified atom stereocenters. The molecule has 1 atom stereocenters. The summed E-state index contributed by atoms with van der Waals surface area (Å²) in [5, 5.41) is 2.67. The van der Waals surface area contributed by atoms with Crippen LogP contribution in [0.3, 0.4) is 0 Å². The summed E-state index contributed by atoms with van der Waals surface area (Å²) in [5.74, 6) is -1.02. The minimum absolute atomic E-state index is 0.0154. The second-order valence-electron chi connectivity index (χ2n) is 6.02. The molecule has 0 spiro atoms. The van der Waals surface area contributed by atoms with Gasteiger partial charge >= 0.3 is 5.97 Å². The zero-order valence-electron chi connectivity index (χ0n) is 13.9. The lowest BCUT2D eigenvalue weighted by molar-refractivity contribution is -0.150. The molecule has 23 heavy (non-hydrogen) atoms. The van der Waals surface area contributed by atoms with Gasteiger partial charge in [-0.15, -0.1) is 0 Å². The fraction of sp³-hybridized carbons (Fsp3) is 0.500. The van der Waals surface area contributed by atoms with Crippen molar-refractivity contribution in [2.75, 3.05) is 13.1 Å². The molecule has 7 heteroatoms. The van der Waals surface area contributed by atoms with Gasteiger partial charge in [-0.25, -0.2) is 9.18 Å². The topological polar surface area (TPSA) is 86.4 Å². The van der Waals surface area contributed by atoms with Gasteiger partial charge in [0.2, 0.25) is 0 Å². The second kappa shape index (κ2) is 7.92. The van der Waals surface area contributed by atoms with Crippen LogP contribution in [0.2, 0.25) is 0 Å². The lowest BCUT2D eigenvalue weighted by Gasteiger charge is -2.24. The van der Waals surface area contributed by atoms with E-state index < -0.39 is 17.6 Å². The van der Waals surface area contributed by atoms with Crippen molar-refractivity contribution in [2.45, 2.75) is 39.3 Å². The Morgan fingerprint density at radius 1 is 1.48 bits per heavy atom. The Labute approximate surface area is 135 Å². The van der Waals surface area contributed by atoms with Crippen molar-refractivity contribution in [3.8, 4) is 0 Å². The molecule has 0 fully saturated rings. The zero-order chi connectivity index (χ0) is 17.6. The van der Waals surface area contributed by atoms with Gasteiger partial charge in [0.05, 0.1) is 23.5 Å². The number of esters is 1. The maximum atomic E-state index is 13.3. The average Bonchev–Trinajstić information content (AvgIpc) is 2.92. The number of nitrogens with two attached hydrogens (primary N) is 1. The molecule has 1 aromatic heterocycles. The predicted molar refractivity (Wildman–Crippen MR) is 85.6 cm³/mol. The lowest BCUT2D eigenvalue weighted by atomic mass is 10.1. The van der Waals surface area contributed by atoms with Gasteiger partial charge < -0.3 is 20.4 Å². The first-order chi connectivity index (χ1) is 10.7. The molecule has 0 aliphatic heterocycles. The van der Waals surface area contributed by atoms with Crippen LogP contribution in [0.15, 0.2) is 30.4 Å². The normalized spacial score (nSPS) is 13.6. The minimum Gasteiger partial charge on any atom is -0.456 e. The molecule has 0 bridgehead atoms. The third-order valence-corrected chi connectivity index (χ3v) is 3.01. The van der Waals surface area contributed by atoms with Crippen LogP contribution in [0.1, 0.15) is 44.1 Å². The summed E-state index contributed by atoms with van der Waals surface area (Å²) in [5.41, 5.74) is 5.16. The number of ether oxygens (including phenoxy) is 1. The molecular weight excluding hydrogens is 301 g/mol. The van der Waals surface area contributed by atoms with Crippen LogP contribution >= 0.6 is 0 Å². The molecule has 1 aromatic rings. The van der Waals surface area contributed by atoms with Gasteiger partial charge in [0, 0.05) is 25.5 Å². The number of nitrogens with zero attached hydrogens (tertiary/aromatic N) is 1. The number of rotatable bonds is 6. The maximum Gasteiger partial charge on any atom is 0.339 e. The molecular formula is C16H24FN3O3. The fourth-order valence-corrected chi connectivity index (χ4v) is 2.00. The van der Waals surface area contributed by atoms with Gasteiger partial charge in [-0.05, 0) is 33.8 Å². The van der Waals surface area contributed by atoms with Crippen LogP contribution in [0, 0.1) is 0 Å². The molecule has 1 rings (SSSR count). The number of carbonyl (C=O) groups excluding carboxylic acids is 2. The van der Waals surface area contributed by atoms with Crippen molar-refractivity contribution >= 4 is 11.9 Å². The monoisotopic (exact) mass is 325 g/mol. The second-order valence-corrected chi connectivity index (χ2v) is 6.02. The van der Waals surface area contributed by atoms with Gasteiger partial charge in [0.15, 0.2) is 0 Å². The van der Waals surface area contributed by atoms with E-state index in [0.29, 0.717) is 12.1 Å². The molecule has 1 amide bonds. The van der Waals surface area contributed by atoms with Gasteiger partial charge in [0.1, 0.15) is 5.60 Å². The summed E-state index contributed by atoms with van der Waals surface area (Å²) in [6, 6.07) is 0.830. The largest absolute Gasteiger partial charge is 0.456 e. The number of hydrogen-bond acceptors (Lipinski definition) is 4. The third kappa shape index (κ3) is 5.21. The Balaban J connectivity index is 3.02. The molecule has 0 saturated heterocycles.